The van der Waals surface area contributed by atoms with Crippen LogP contribution >= 0.6 is 0 Å². The Morgan fingerprint density at radius 1 is 1.27 bits per heavy atom. The second-order valence-electron chi connectivity index (χ2n) is 10.0. The fourth-order valence-corrected chi connectivity index (χ4v) is 7.08. The summed E-state index contributed by atoms with van der Waals surface area (Å²) >= 11 is 0. The Kier molecular flexibility index (Phi) is 5.44. The van der Waals surface area contributed by atoms with Crippen LogP contribution in [0.25, 0.3) is 0 Å². The SMILES string of the molecule is CC(C)CC(C)(C(=O)NS(=O)(=O)CC12CCC(CC1=O)C2(C)C)C(C)C. The zero-order valence-electron chi connectivity index (χ0n) is 17.3. The first-order chi connectivity index (χ1) is 11.7. The lowest BCUT2D eigenvalue weighted by Crippen LogP contribution is -2.50. The maximum atomic E-state index is 12.9. The Labute approximate surface area is 158 Å². The molecule has 3 atom stereocenters. The maximum Gasteiger partial charge on any atom is 0.239 e. The monoisotopic (exact) mass is 385 g/mol. The minimum absolute atomic E-state index is 0.0127. The van der Waals surface area contributed by atoms with Crippen LogP contribution in [0, 0.1) is 34.0 Å². The van der Waals surface area contributed by atoms with Crippen LogP contribution in [0.5, 0.6) is 0 Å². The number of hydrogen-bond acceptors (Lipinski definition) is 4. The molecule has 0 heterocycles. The van der Waals surface area contributed by atoms with Crippen LogP contribution in [0.3, 0.4) is 0 Å². The van der Waals surface area contributed by atoms with Gasteiger partial charge >= 0.3 is 0 Å². The van der Waals surface area contributed by atoms with Gasteiger partial charge in [-0.2, -0.15) is 0 Å². The topological polar surface area (TPSA) is 80.3 Å². The van der Waals surface area contributed by atoms with E-state index in [1.807, 2.05) is 48.5 Å². The van der Waals surface area contributed by atoms with Gasteiger partial charge in [0.1, 0.15) is 5.78 Å². The van der Waals surface area contributed by atoms with Crippen molar-refractivity contribution >= 4 is 21.7 Å². The number of carbonyl (C=O) groups is 2. The van der Waals surface area contributed by atoms with Crippen molar-refractivity contribution in [1.29, 1.82) is 0 Å². The van der Waals surface area contributed by atoms with Gasteiger partial charge in [-0.3, -0.25) is 14.3 Å². The summed E-state index contributed by atoms with van der Waals surface area (Å²) < 4.78 is 28.1. The van der Waals surface area contributed by atoms with E-state index in [4.69, 9.17) is 0 Å². The molecule has 0 aromatic carbocycles. The van der Waals surface area contributed by atoms with E-state index >= 15 is 0 Å². The van der Waals surface area contributed by atoms with Gasteiger partial charge in [0.2, 0.25) is 15.9 Å². The molecule has 0 spiro atoms. The van der Waals surface area contributed by atoms with Gasteiger partial charge in [0.05, 0.1) is 11.2 Å². The summed E-state index contributed by atoms with van der Waals surface area (Å²) in [7, 11) is -3.88. The standard InChI is InChI=1S/C20H35NO4S/c1-13(2)11-19(7,14(3)4)17(23)21-26(24,25)12-20-9-8-15(10-16(20)22)18(20,5)6/h13-15H,8-12H2,1-7H3,(H,21,23). The molecule has 2 fully saturated rings. The van der Waals surface area contributed by atoms with Crippen LogP contribution in [0.4, 0.5) is 0 Å². The van der Waals surface area contributed by atoms with Crippen LogP contribution in [-0.4, -0.2) is 25.9 Å². The van der Waals surface area contributed by atoms with Crippen molar-refractivity contribution in [2.45, 2.75) is 74.1 Å². The van der Waals surface area contributed by atoms with Crippen molar-refractivity contribution in [2.75, 3.05) is 5.75 Å². The molecule has 0 saturated heterocycles. The van der Waals surface area contributed by atoms with Crippen LogP contribution in [0.15, 0.2) is 0 Å². The van der Waals surface area contributed by atoms with Crippen molar-refractivity contribution < 1.29 is 18.0 Å². The van der Waals surface area contributed by atoms with Gasteiger partial charge in [0, 0.05) is 11.8 Å². The molecule has 26 heavy (non-hydrogen) atoms. The Hall–Kier alpha value is -0.910. The summed E-state index contributed by atoms with van der Waals surface area (Å²) in [6, 6.07) is 0. The average molecular weight is 386 g/mol. The third-order valence-corrected chi connectivity index (χ3v) is 8.82. The predicted molar refractivity (Wildman–Crippen MR) is 103 cm³/mol. The van der Waals surface area contributed by atoms with E-state index in [9.17, 15) is 18.0 Å². The summed E-state index contributed by atoms with van der Waals surface area (Å²) in [5.41, 5.74) is -1.94. The third kappa shape index (κ3) is 3.34. The van der Waals surface area contributed by atoms with E-state index in [2.05, 4.69) is 4.72 Å². The van der Waals surface area contributed by atoms with Gasteiger partial charge in [0.15, 0.2) is 0 Å². The number of amides is 1. The second-order valence-corrected chi connectivity index (χ2v) is 11.7. The molecule has 0 aromatic heterocycles. The van der Waals surface area contributed by atoms with E-state index in [0.717, 1.165) is 6.42 Å². The summed E-state index contributed by atoms with van der Waals surface area (Å²) in [6.07, 6.45) is 2.57. The quantitative estimate of drug-likeness (QED) is 0.727. The molecular formula is C20H35NO4S. The molecule has 150 valence electrons. The zero-order chi connectivity index (χ0) is 20.1. The number of hydrogen-bond donors (Lipinski definition) is 1. The van der Waals surface area contributed by atoms with Gasteiger partial charge in [-0.25, -0.2) is 8.42 Å². The summed E-state index contributed by atoms with van der Waals surface area (Å²) in [6.45, 7) is 13.8. The summed E-state index contributed by atoms with van der Waals surface area (Å²) in [5, 5.41) is 0. The fraction of sp³-hybridized carbons (Fsp3) is 0.900. The highest BCUT2D eigenvalue weighted by molar-refractivity contribution is 7.90. The van der Waals surface area contributed by atoms with Gasteiger partial charge in [-0.1, -0.05) is 48.5 Å². The number of ketones is 1. The minimum atomic E-state index is -3.88. The average Bonchev–Trinajstić information content (AvgIpc) is 2.79. The molecule has 1 N–H and O–H groups in total. The van der Waals surface area contributed by atoms with Crippen LogP contribution < -0.4 is 4.72 Å². The third-order valence-electron chi connectivity index (χ3n) is 7.45. The van der Waals surface area contributed by atoms with Crippen molar-refractivity contribution in [3.63, 3.8) is 0 Å². The number of fused-ring (bicyclic) bond motifs is 2. The lowest BCUT2D eigenvalue weighted by molar-refractivity contribution is -0.132. The Balaban J connectivity index is 2.23. The fourth-order valence-electron chi connectivity index (χ4n) is 5.17. The molecule has 5 nitrogen and oxygen atoms in total. The van der Waals surface area contributed by atoms with E-state index in [1.54, 1.807) is 0 Å². The largest absolute Gasteiger partial charge is 0.299 e. The van der Waals surface area contributed by atoms with Crippen molar-refractivity contribution in [1.82, 2.24) is 4.72 Å². The molecule has 2 bridgehead atoms. The number of Topliss-reactive ketones (excluding diaryl/α,β-unsaturated/α-hetero) is 1. The lowest BCUT2D eigenvalue weighted by atomic mass is 9.70. The molecule has 2 saturated carbocycles. The number of carbonyl (C=O) groups excluding carboxylic acids is 2. The van der Waals surface area contributed by atoms with Crippen molar-refractivity contribution in [2.24, 2.45) is 34.0 Å². The second kappa shape index (κ2) is 6.61. The van der Waals surface area contributed by atoms with Gasteiger partial charge in [-0.15, -0.1) is 0 Å². The van der Waals surface area contributed by atoms with Crippen LogP contribution in [-0.2, 0) is 19.6 Å². The first-order valence-electron chi connectivity index (χ1n) is 9.76. The molecule has 1 amide bonds. The van der Waals surface area contributed by atoms with Crippen LogP contribution in [0.2, 0.25) is 0 Å². The Morgan fingerprint density at radius 2 is 1.85 bits per heavy atom. The van der Waals surface area contributed by atoms with E-state index in [0.29, 0.717) is 19.3 Å². The van der Waals surface area contributed by atoms with Crippen molar-refractivity contribution in [3.05, 3.63) is 0 Å². The molecule has 3 unspecified atom stereocenters. The lowest BCUT2D eigenvalue weighted by Gasteiger charge is -2.37. The highest BCUT2D eigenvalue weighted by Gasteiger charge is 2.65. The molecule has 0 aliphatic heterocycles. The number of sulfonamides is 1. The highest BCUT2D eigenvalue weighted by atomic mass is 32.2. The van der Waals surface area contributed by atoms with Gasteiger partial charge < -0.3 is 0 Å². The van der Waals surface area contributed by atoms with E-state index in [-0.39, 0.29) is 34.7 Å². The summed E-state index contributed by atoms with van der Waals surface area (Å²) in [4.78, 5) is 25.5. The van der Waals surface area contributed by atoms with Gasteiger partial charge in [-0.05, 0) is 42.4 Å². The predicted octanol–water partition coefficient (Wildman–Crippen LogP) is 3.54. The van der Waals surface area contributed by atoms with Gasteiger partial charge in [0.25, 0.3) is 0 Å². The van der Waals surface area contributed by atoms with Crippen molar-refractivity contribution in [3.8, 4) is 0 Å². The van der Waals surface area contributed by atoms with E-state index < -0.39 is 26.8 Å². The molecular weight excluding hydrogens is 350 g/mol. The van der Waals surface area contributed by atoms with E-state index in [1.165, 1.54) is 0 Å². The first-order valence-corrected chi connectivity index (χ1v) is 11.4. The molecule has 2 aliphatic rings. The molecule has 0 radical (unpaired) electrons. The normalized spacial score (nSPS) is 30.0. The molecule has 6 heteroatoms. The molecule has 2 rings (SSSR count). The first kappa shape index (κ1) is 21.4. The smallest absolute Gasteiger partial charge is 0.239 e. The number of nitrogens with one attached hydrogen (secondary N) is 1. The highest BCUT2D eigenvalue weighted by Crippen LogP contribution is 2.64. The minimum Gasteiger partial charge on any atom is -0.299 e. The Bertz CT molecular complexity index is 695. The maximum absolute atomic E-state index is 12.9. The summed E-state index contributed by atoms with van der Waals surface area (Å²) in [5.74, 6) is -0.133. The zero-order valence-corrected chi connectivity index (χ0v) is 18.1. The molecule has 2 aliphatic carbocycles. The van der Waals surface area contributed by atoms with Crippen LogP contribution in [0.1, 0.15) is 74.1 Å². The number of rotatable bonds is 7. The molecule has 0 aromatic rings. The Morgan fingerprint density at radius 3 is 2.23 bits per heavy atom.